The number of nitrogens with one attached hydrogen (secondary N) is 1. The SMILES string of the molecule is Cc1nc(N[C@H](C)c2cccc(C(F)(F)F)c2F)c2c(n1)C1(CCN(C)C1)C(=O)N(c1ccccc1)C2. The summed E-state index contributed by atoms with van der Waals surface area (Å²) in [5, 5.41) is 3.14. The minimum absolute atomic E-state index is 0.0448. The minimum atomic E-state index is -4.80. The Labute approximate surface area is 212 Å². The van der Waals surface area contributed by atoms with Gasteiger partial charge in [-0.2, -0.15) is 13.2 Å². The van der Waals surface area contributed by atoms with Gasteiger partial charge in [0.1, 0.15) is 22.9 Å². The molecule has 10 heteroatoms. The zero-order chi connectivity index (χ0) is 26.5. The average molecular weight is 514 g/mol. The number of anilines is 2. The molecule has 2 aliphatic rings. The van der Waals surface area contributed by atoms with Crippen LogP contribution in [0.2, 0.25) is 0 Å². The molecule has 1 aromatic heterocycles. The number of amides is 1. The molecule has 1 N–H and O–H groups in total. The van der Waals surface area contributed by atoms with Crippen LogP contribution >= 0.6 is 0 Å². The largest absolute Gasteiger partial charge is 0.419 e. The summed E-state index contributed by atoms with van der Waals surface area (Å²) >= 11 is 0. The van der Waals surface area contributed by atoms with Gasteiger partial charge in [0, 0.05) is 23.4 Å². The van der Waals surface area contributed by atoms with Crippen molar-refractivity contribution in [3.05, 3.63) is 82.6 Å². The van der Waals surface area contributed by atoms with Gasteiger partial charge in [-0.1, -0.05) is 30.3 Å². The molecule has 0 aliphatic carbocycles. The van der Waals surface area contributed by atoms with Gasteiger partial charge in [-0.15, -0.1) is 0 Å². The molecule has 2 atom stereocenters. The Morgan fingerprint density at radius 2 is 1.81 bits per heavy atom. The zero-order valence-electron chi connectivity index (χ0n) is 20.7. The van der Waals surface area contributed by atoms with E-state index < -0.39 is 29.0 Å². The maximum Gasteiger partial charge on any atom is 0.419 e. The van der Waals surface area contributed by atoms with Crippen LogP contribution < -0.4 is 10.2 Å². The number of fused-ring (bicyclic) bond motifs is 2. The van der Waals surface area contributed by atoms with E-state index in [4.69, 9.17) is 4.98 Å². The molecule has 1 spiro atoms. The second kappa shape index (κ2) is 9.09. The summed E-state index contributed by atoms with van der Waals surface area (Å²) in [6.07, 6.45) is -4.23. The molecule has 1 saturated heterocycles. The van der Waals surface area contributed by atoms with Crippen LogP contribution in [0, 0.1) is 12.7 Å². The van der Waals surface area contributed by atoms with Crippen molar-refractivity contribution in [2.45, 2.75) is 44.4 Å². The van der Waals surface area contributed by atoms with Crippen LogP contribution in [0.1, 0.15) is 47.6 Å². The van der Waals surface area contributed by atoms with Gasteiger partial charge in [-0.3, -0.25) is 4.79 Å². The Morgan fingerprint density at radius 1 is 1.08 bits per heavy atom. The highest BCUT2D eigenvalue weighted by Gasteiger charge is 2.53. The number of nitrogens with zero attached hydrogens (tertiary/aromatic N) is 4. The van der Waals surface area contributed by atoms with Gasteiger partial charge >= 0.3 is 6.18 Å². The molecule has 1 fully saturated rings. The highest BCUT2D eigenvalue weighted by atomic mass is 19.4. The van der Waals surface area contributed by atoms with Crippen molar-refractivity contribution < 1.29 is 22.4 Å². The van der Waals surface area contributed by atoms with E-state index in [1.807, 2.05) is 37.4 Å². The number of likely N-dealkylation sites (N-methyl/N-ethyl adjacent to an activating group) is 1. The standard InChI is InChI=1S/C27H27F4N5O/c1-16(19-10-7-11-21(22(19)28)27(29,30)31)32-24-20-14-36(18-8-5-4-6-9-18)25(37)26(12-13-35(3)15-26)23(20)33-17(2)34-24/h4-11,16H,12-15H2,1-3H3,(H,32,33,34)/t16-,26?/m1/s1. The molecule has 1 unspecified atom stereocenters. The number of hydrogen-bond acceptors (Lipinski definition) is 5. The molecule has 2 aliphatic heterocycles. The van der Waals surface area contributed by atoms with E-state index in [2.05, 4.69) is 15.2 Å². The molecule has 37 heavy (non-hydrogen) atoms. The lowest BCUT2D eigenvalue weighted by molar-refractivity contribution is -0.140. The summed E-state index contributed by atoms with van der Waals surface area (Å²) in [5.74, 6) is -0.553. The van der Waals surface area contributed by atoms with Crippen LogP contribution in [0.3, 0.4) is 0 Å². The number of aryl methyl sites for hydroxylation is 1. The molecular formula is C27H27F4N5O. The Balaban J connectivity index is 1.60. The predicted molar refractivity (Wildman–Crippen MR) is 132 cm³/mol. The maximum absolute atomic E-state index is 14.9. The van der Waals surface area contributed by atoms with Crippen LogP contribution in [0.5, 0.6) is 0 Å². The van der Waals surface area contributed by atoms with Gasteiger partial charge in [-0.25, -0.2) is 14.4 Å². The number of halogens is 4. The Morgan fingerprint density at radius 3 is 2.46 bits per heavy atom. The average Bonchev–Trinajstić information content (AvgIpc) is 3.24. The maximum atomic E-state index is 14.9. The molecule has 0 radical (unpaired) electrons. The van der Waals surface area contributed by atoms with E-state index in [9.17, 15) is 22.4 Å². The first-order valence-corrected chi connectivity index (χ1v) is 12.1. The molecule has 3 heterocycles. The van der Waals surface area contributed by atoms with E-state index in [0.717, 1.165) is 11.8 Å². The van der Waals surface area contributed by atoms with E-state index in [0.29, 0.717) is 42.4 Å². The van der Waals surface area contributed by atoms with Crippen LogP contribution in [0.25, 0.3) is 0 Å². The van der Waals surface area contributed by atoms with Gasteiger partial charge in [-0.05, 0) is 52.1 Å². The van der Waals surface area contributed by atoms with Crippen molar-refractivity contribution in [1.82, 2.24) is 14.9 Å². The highest BCUT2D eigenvalue weighted by Crippen LogP contribution is 2.44. The fourth-order valence-electron chi connectivity index (χ4n) is 5.42. The molecule has 0 bridgehead atoms. The number of alkyl halides is 3. The van der Waals surface area contributed by atoms with E-state index in [-0.39, 0.29) is 18.0 Å². The van der Waals surface area contributed by atoms with Gasteiger partial charge in [0.2, 0.25) is 5.91 Å². The molecule has 5 rings (SSSR count). The number of para-hydroxylation sites is 1. The summed E-state index contributed by atoms with van der Waals surface area (Å²) in [5.41, 5.74) is -0.275. The third-order valence-electron chi connectivity index (χ3n) is 7.22. The molecule has 0 saturated carbocycles. The summed E-state index contributed by atoms with van der Waals surface area (Å²) < 4.78 is 54.9. The lowest BCUT2D eigenvalue weighted by atomic mass is 9.76. The summed E-state index contributed by atoms with van der Waals surface area (Å²) in [6, 6.07) is 11.7. The normalized spacial score (nSPS) is 20.8. The van der Waals surface area contributed by atoms with Crippen LogP contribution in [-0.2, 0) is 22.9 Å². The lowest BCUT2D eigenvalue weighted by Crippen LogP contribution is -2.53. The molecule has 194 valence electrons. The van der Waals surface area contributed by atoms with Crippen LogP contribution in [0.4, 0.5) is 29.1 Å². The Kier molecular flexibility index (Phi) is 6.18. The number of rotatable bonds is 4. The smallest absolute Gasteiger partial charge is 0.363 e. The Bertz CT molecular complexity index is 1350. The van der Waals surface area contributed by atoms with Gasteiger partial charge in [0.05, 0.1) is 23.8 Å². The third-order valence-corrected chi connectivity index (χ3v) is 7.22. The van der Waals surface area contributed by atoms with E-state index >= 15 is 0 Å². The summed E-state index contributed by atoms with van der Waals surface area (Å²) in [4.78, 5) is 27.0. The van der Waals surface area contributed by atoms with Gasteiger partial charge < -0.3 is 15.1 Å². The summed E-state index contributed by atoms with van der Waals surface area (Å²) in [7, 11) is 1.95. The number of benzene rings is 2. The number of aromatic nitrogens is 2. The first kappa shape index (κ1) is 25.1. The fraction of sp³-hybridized carbons (Fsp3) is 0.370. The van der Waals surface area contributed by atoms with Crippen molar-refractivity contribution in [2.75, 3.05) is 30.4 Å². The lowest BCUT2D eigenvalue weighted by Gasteiger charge is -2.40. The zero-order valence-corrected chi connectivity index (χ0v) is 20.7. The molecule has 1 amide bonds. The molecular weight excluding hydrogens is 486 g/mol. The fourth-order valence-corrected chi connectivity index (χ4v) is 5.42. The van der Waals surface area contributed by atoms with Gasteiger partial charge in [0.15, 0.2) is 0 Å². The first-order chi connectivity index (χ1) is 17.5. The quantitative estimate of drug-likeness (QED) is 0.484. The van der Waals surface area contributed by atoms with E-state index in [1.165, 1.54) is 12.1 Å². The van der Waals surface area contributed by atoms with Crippen molar-refractivity contribution >= 4 is 17.4 Å². The molecule has 6 nitrogen and oxygen atoms in total. The highest BCUT2D eigenvalue weighted by molar-refractivity contribution is 6.03. The second-order valence-electron chi connectivity index (χ2n) is 9.82. The Hall–Kier alpha value is -3.53. The van der Waals surface area contributed by atoms with Crippen molar-refractivity contribution in [2.24, 2.45) is 0 Å². The molecule has 2 aromatic carbocycles. The number of carbonyl (C=O) groups excluding carboxylic acids is 1. The topological polar surface area (TPSA) is 61.4 Å². The monoisotopic (exact) mass is 513 g/mol. The number of carbonyl (C=O) groups is 1. The summed E-state index contributed by atoms with van der Waals surface area (Å²) in [6.45, 7) is 4.68. The third kappa shape index (κ3) is 4.33. The minimum Gasteiger partial charge on any atom is -0.363 e. The first-order valence-electron chi connectivity index (χ1n) is 12.1. The molecule has 3 aromatic rings. The predicted octanol–water partition coefficient (Wildman–Crippen LogP) is 5.24. The second-order valence-corrected chi connectivity index (χ2v) is 9.82. The van der Waals surface area contributed by atoms with Crippen molar-refractivity contribution in [3.63, 3.8) is 0 Å². The van der Waals surface area contributed by atoms with Crippen molar-refractivity contribution in [3.8, 4) is 0 Å². The van der Waals surface area contributed by atoms with Crippen molar-refractivity contribution in [1.29, 1.82) is 0 Å². The number of likely N-dealkylation sites (tertiary alicyclic amines) is 1. The van der Waals surface area contributed by atoms with Crippen LogP contribution in [-0.4, -0.2) is 40.9 Å². The van der Waals surface area contributed by atoms with E-state index in [1.54, 1.807) is 18.7 Å². The van der Waals surface area contributed by atoms with Gasteiger partial charge in [0.25, 0.3) is 0 Å². The number of hydrogen-bond donors (Lipinski definition) is 1. The van der Waals surface area contributed by atoms with Crippen LogP contribution in [0.15, 0.2) is 48.5 Å².